The van der Waals surface area contributed by atoms with Crippen molar-refractivity contribution in [2.75, 3.05) is 5.32 Å². The summed E-state index contributed by atoms with van der Waals surface area (Å²) < 4.78 is 19.0. The van der Waals surface area contributed by atoms with Gasteiger partial charge in [0.25, 0.3) is 0 Å². The molecule has 7 heteroatoms. The maximum atomic E-state index is 13.8. The second kappa shape index (κ2) is 5.87. The molecule has 1 N–H and O–H groups in total. The highest BCUT2D eigenvalue weighted by atomic mass is 35.5. The fraction of sp³-hybridized carbons (Fsp3) is 0.235. The van der Waals surface area contributed by atoms with E-state index in [4.69, 9.17) is 16.3 Å². The van der Waals surface area contributed by atoms with E-state index in [1.54, 1.807) is 33.0 Å². The molecule has 2 heterocycles. The number of nitrogens with one attached hydrogen (secondary N) is 1. The van der Waals surface area contributed by atoms with E-state index >= 15 is 0 Å². The largest absolute Gasteiger partial charge is 0.444 e. The van der Waals surface area contributed by atoms with Crippen LogP contribution in [0.4, 0.5) is 15.0 Å². The molecule has 24 heavy (non-hydrogen) atoms. The summed E-state index contributed by atoms with van der Waals surface area (Å²) in [5, 5.41) is 4.48. The van der Waals surface area contributed by atoms with Crippen LogP contribution in [0.3, 0.4) is 0 Å². The molecule has 3 rings (SSSR count). The van der Waals surface area contributed by atoms with Crippen LogP contribution in [0.25, 0.3) is 21.7 Å². The van der Waals surface area contributed by atoms with E-state index in [-0.39, 0.29) is 5.02 Å². The smallest absolute Gasteiger partial charge is 0.413 e. The molecule has 3 aromatic rings. The standard InChI is InChI=1S/C17H15ClFN3O2/c1-17(2,3)24-16(23)22-15-11-8-21-14-7-12(18)13(19)6-10(14)9(11)4-5-20-15/h4-8H,1-3H3,(H,20,22,23). The monoisotopic (exact) mass is 347 g/mol. The number of hydrogen-bond acceptors (Lipinski definition) is 4. The first kappa shape index (κ1) is 16.4. The van der Waals surface area contributed by atoms with Gasteiger partial charge in [0.05, 0.1) is 10.5 Å². The minimum Gasteiger partial charge on any atom is -0.444 e. The van der Waals surface area contributed by atoms with Gasteiger partial charge in [0.2, 0.25) is 0 Å². The quantitative estimate of drug-likeness (QED) is 0.634. The molecule has 0 aliphatic rings. The summed E-state index contributed by atoms with van der Waals surface area (Å²) in [7, 11) is 0. The van der Waals surface area contributed by atoms with Crippen molar-refractivity contribution >= 4 is 45.2 Å². The van der Waals surface area contributed by atoms with Crippen molar-refractivity contribution in [2.24, 2.45) is 0 Å². The van der Waals surface area contributed by atoms with E-state index in [0.717, 1.165) is 0 Å². The van der Waals surface area contributed by atoms with E-state index in [1.165, 1.54) is 18.3 Å². The third-order valence-corrected chi connectivity index (χ3v) is 3.56. The van der Waals surface area contributed by atoms with Gasteiger partial charge in [0.15, 0.2) is 0 Å². The Hall–Kier alpha value is -2.47. The van der Waals surface area contributed by atoms with Crippen LogP contribution in [0.15, 0.2) is 30.6 Å². The van der Waals surface area contributed by atoms with Crippen LogP contribution in [0.1, 0.15) is 20.8 Å². The molecule has 2 aromatic heterocycles. The molecular weight excluding hydrogens is 333 g/mol. The minimum atomic E-state index is -0.626. The molecule has 0 atom stereocenters. The Bertz CT molecular complexity index is 954. The zero-order valence-corrected chi connectivity index (χ0v) is 14.1. The molecular formula is C17H15ClFN3O2. The van der Waals surface area contributed by atoms with Crippen LogP contribution in [0.2, 0.25) is 5.02 Å². The van der Waals surface area contributed by atoms with Gasteiger partial charge in [-0.15, -0.1) is 0 Å². The van der Waals surface area contributed by atoms with Crippen molar-refractivity contribution in [1.82, 2.24) is 9.97 Å². The number of aromatic nitrogens is 2. The third-order valence-electron chi connectivity index (χ3n) is 3.27. The lowest BCUT2D eigenvalue weighted by Crippen LogP contribution is -2.27. The van der Waals surface area contributed by atoms with Crippen LogP contribution in [0, 0.1) is 5.82 Å². The second-order valence-electron chi connectivity index (χ2n) is 6.29. The first-order chi connectivity index (χ1) is 11.2. The molecule has 0 spiro atoms. The first-order valence-corrected chi connectivity index (χ1v) is 7.65. The molecule has 1 amide bonds. The molecule has 0 aliphatic carbocycles. The number of nitrogens with zero attached hydrogens (tertiary/aromatic N) is 2. The van der Waals surface area contributed by atoms with Gasteiger partial charge in [-0.05, 0) is 44.4 Å². The number of pyridine rings is 2. The predicted octanol–water partition coefficient (Wildman–Crippen LogP) is 4.92. The number of benzene rings is 1. The zero-order chi connectivity index (χ0) is 17.5. The lowest BCUT2D eigenvalue weighted by molar-refractivity contribution is 0.0635. The SMILES string of the molecule is CC(C)(C)OC(=O)Nc1nccc2c1cnc1cc(Cl)c(F)cc12. The second-order valence-corrected chi connectivity index (χ2v) is 6.70. The number of amides is 1. The molecule has 0 aliphatic heterocycles. The number of carbonyl (C=O) groups is 1. The van der Waals surface area contributed by atoms with Crippen LogP contribution in [-0.4, -0.2) is 21.7 Å². The zero-order valence-electron chi connectivity index (χ0n) is 13.4. The average Bonchev–Trinajstić information content (AvgIpc) is 2.47. The molecule has 0 bridgehead atoms. The number of halogens is 2. The summed E-state index contributed by atoms with van der Waals surface area (Å²) in [6.07, 6.45) is 2.47. The Kier molecular flexibility index (Phi) is 4.01. The molecule has 0 saturated heterocycles. The van der Waals surface area contributed by atoms with Gasteiger partial charge in [-0.25, -0.2) is 14.2 Å². The van der Waals surface area contributed by atoms with Crippen LogP contribution < -0.4 is 5.32 Å². The molecule has 0 saturated carbocycles. The van der Waals surface area contributed by atoms with E-state index in [2.05, 4.69) is 15.3 Å². The van der Waals surface area contributed by atoms with Gasteiger partial charge in [-0.1, -0.05) is 11.6 Å². The Morgan fingerprint density at radius 1 is 1.21 bits per heavy atom. The van der Waals surface area contributed by atoms with Gasteiger partial charge < -0.3 is 4.74 Å². The summed E-state index contributed by atoms with van der Waals surface area (Å²) in [4.78, 5) is 20.4. The highest BCUT2D eigenvalue weighted by molar-refractivity contribution is 6.31. The van der Waals surface area contributed by atoms with Gasteiger partial charge >= 0.3 is 6.09 Å². The molecule has 5 nitrogen and oxygen atoms in total. The fourth-order valence-electron chi connectivity index (χ4n) is 2.33. The van der Waals surface area contributed by atoms with Crippen LogP contribution in [-0.2, 0) is 4.74 Å². The predicted molar refractivity (Wildman–Crippen MR) is 91.9 cm³/mol. The van der Waals surface area contributed by atoms with Crippen molar-refractivity contribution in [3.05, 3.63) is 41.4 Å². The molecule has 1 aromatic carbocycles. The Morgan fingerprint density at radius 2 is 1.96 bits per heavy atom. The van der Waals surface area contributed by atoms with E-state index in [0.29, 0.717) is 27.5 Å². The van der Waals surface area contributed by atoms with Crippen LogP contribution >= 0.6 is 11.6 Å². The fourth-order valence-corrected chi connectivity index (χ4v) is 2.49. The maximum absolute atomic E-state index is 13.8. The molecule has 0 fully saturated rings. The van der Waals surface area contributed by atoms with Crippen molar-refractivity contribution in [3.63, 3.8) is 0 Å². The Morgan fingerprint density at radius 3 is 2.67 bits per heavy atom. The average molecular weight is 348 g/mol. The lowest BCUT2D eigenvalue weighted by atomic mass is 10.1. The normalized spacial score (nSPS) is 11.7. The Balaban J connectivity index is 2.09. The lowest BCUT2D eigenvalue weighted by Gasteiger charge is -2.19. The van der Waals surface area contributed by atoms with Gasteiger partial charge in [0, 0.05) is 23.2 Å². The summed E-state index contributed by atoms with van der Waals surface area (Å²) in [5.41, 5.74) is -0.0669. The number of hydrogen-bond donors (Lipinski definition) is 1. The van der Waals surface area contributed by atoms with Gasteiger partial charge in [-0.3, -0.25) is 10.3 Å². The first-order valence-electron chi connectivity index (χ1n) is 7.27. The number of ether oxygens (including phenoxy) is 1. The van der Waals surface area contributed by atoms with Gasteiger partial charge in [-0.2, -0.15) is 0 Å². The minimum absolute atomic E-state index is 0.00973. The van der Waals surface area contributed by atoms with E-state index in [1.807, 2.05) is 0 Å². The summed E-state index contributed by atoms with van der Waals surface area (Å²) in [5.74, 6) is -0.233. The van der Waals surface area contributed by atoms with Gasteiger partial charge in [0.1, 0.15) is 17.2 Å². The number of carbonyl (C=O) groups excluding carboxylic acids is 1. The van der Waals surface area contributed by atoms with Crippen molar-refractivity contribution in [3.8, 4) is 0 Å². The molecule has 0 unspecified atom stereocenters. The third kappa shape index (κ3) is 3.23. The number of anilines is 1. The maximum Gasteiger partial charge on any atom is 0.413 e. The molecule has 0 radical (unpaired) electrons. The van der Waals surface area contributed by atoms with Crippen molar-refractivity contribution in [1.29, 1.82) is 0 Å². The molecule has 124 valence electrons. The summed E-state index contributed by atoms with van der Waals surface area (Å²) >= 11 is 5.80. The Labute approximate surface area is 142 Å². The van der Waals surface area contributed by atoms with E-state index < -0.39 is 17.5 Å². The van der Waals surface area contributed by atoms with Crippen molar-refractivity contribution < 1.29 is 13.9 Å². The highest BCUT2D eigenvalue weighted by Gasteiger charge is 2.18. The summed E-state index contributed by atoms with van der Waals surface area (Å²) in [6.45, 7) is 5.31. The topological polar surface area (TPSA) is 64.1 Å². The van der Waals surface area contributed by atoms with Crippen molar-refractivity contribution in [2.45, 2.75) is 26.4 Å². The number of fused-ring (bicyclic) bond motifs is 3. The van der Waals surface area contributed by atoms with Crippen LogP contribution in [0.5, 0.6) is 0 Å². The number of rotatable bonds is 1. The highest BCUT2D eigenvalue weighted by Crippen LogP contribution is 2.30. The summed E-state index contributed by atoms with van der Waals surface area (Å²) in [6, 6.07) is 4.52. The van der Waals surface area contributed by atoms with E-state index in [9.17, 15) is 9.18 Å².